The molecule has 1 aliphatic carbocycles. The highest BCUT2D eigenvalue weighted by Gasteiger charge is 2.23. The van der Waals surface area contributed by atoms with E-state index in [1.54, 1.807) is 7.11 Å². The number of methoxy groups -OCH3 is 1. The smallest absolute Gasteiger partial charge is 0.222 e. The summed E-state index contributed by atoms with van der Waals surface area (Å²) in [6, 6.07) is 8.54. The van der Waals surface area contributed by atoms with Crippen LogP contribution >= 0.6 is 15.9 Å². The Bertz CT molecular complexity index is 563. The largest absolute Gasteiger partial charge is 0.497 e. The maximum Gasteiger partial charge on any atom is 0.222 e. The molecule has 1 N–H and O–H groups in total. The van der Waals surface area contributed by atoms with Crippen molar-refractivity contribution in [2.45, 2.75) is 25.4 Å². The van der Waals surface area contributed by atoms with Crippen LogP contribution in [0.3, 0.4) is 0 Å². The molecular weight excluding hydrogens is 308 g/mol. The first-order chi connectivity index (χ1) is 9.24. The highest BCUT2D eigenvalue weighted by Crippen LogP contribution is 2.25. The van der Waals surface area contributed by atoms with Gasteiger partial charge < -0.3 is 10.1 Å². The van der Waals surface area contributed by atoms with Gasteiger partial charge in [0.1, 0.15) is 5.75 Å². The van der Waals surface area contributed by atoms with Gasteiger partial charge in [-0.1, -0.05) is 12.1 Å². The van der Waals surface area contributed by atoms with Gasteiger partial charge in [-0.05, 0) is 46.5 Å². The van der Waals surface area contributed by atoms with Crippen molar-refractivity contribution in [2.75, 3.05) is 12.4 Å². The zero-order valence-corrected chi connectivity index (χ0v) is 12.2. The van der Waals surface area contributed by atoms with Crippen LogP contribution in [0.2, 0.25) is 0 Å². The molecule has 0 bridgehead atoms. The molecule has 1 fully saturated rings. The molecule has 100 valence electrons. The van der Waals surface area contributed by atoms with Crippen molar-refractivity contribution in [2.24, 2.45) is 0 Å². The van der Waals surface area contributed by atoms with E-state index < -0.39 is 0 Å². The summed E-state index contributed by atoms with van der Waals surface area (Å²) in [7, 11) is 1.67. The number of benzene rings is 1. The third-order valence-electron chi connectivity index (χ3n) is 3.05. The van der Waals surface area contributed by atoms with Gasteiger partial charge in [0.2, 0.25) is 10.7 Å². The van der Waals surface area contributed by atoms with Crippen LogP contribution in [0.4, 0.5) is 5.95 Å². The second kappa shape index (κ2) is 5.21. The van der Waals surface area contributed by atoms with E-state index in [9.17, 15) is 0 Å². The average molecular weight is 323 g/mol. The van der Waals surface area contributed by atoms with Crippen LogP contribution in [-0.4, -0.2) is 27.9 Å². The van der Waals surface area contributed by atoms with Crippen molar-refractivity contribution in [3.8, 4) is 5.75 Å². The maximum absolute atomic E-state index is 5.15. The Morgan fingerprint density at radius 1 is 1.37 bits per heavy atom. The Labute approximate surface area is 120 Å². The third kappa shape index (κ3) is 3.07. The fraction of sp³-hybridized carbons (Fsp3) is 0.385. The molecule has 19 heavy (non-hydrogen) atoms. The van der Waals surface area contributed by atoms with Crippen LogP contribution < -0.4 is 10.1 Å². The molecule has 0 saturated heterocycles. The highest BCUT2D eigenvalue weighted by atomic mass is 79.9. The fourth-order valence-corrected chi connectivity index (χ4v) is 2.20. The Kier molecular flexibility index (Phi) is 3.42. The Morgan fingerprint density at radius 2 is 2.11 bits per heavy atom. The van der Waals surface area contributed by atoms with Gasteiger partial charge in [0, 0.05) is 6.04 Å². The maximum atomic E-state index is 5.15. The Balaban J connectivity index is 1.77. The minimum absolute atomic E-state index is 0.561. The van der Waals surface area contributed by atoms with E-state index in [-0.39, 0.29) is 0 Å². The second-order valence-electron chi connectivity index (χ2n) is 4.63. The van der Waals surface area contributed by atoms with Crippen molar-refractivity contribution < 1.29 is 4.74 Å². The number of anilines is 1. The summed E-state index contributed by atoms with van der Waals surface area (Å²) in [4.78, 5) is 4.35. The first-order valence-electron chi connectivity index (χ1n) is 6.24. The number of ether oxygens (including phenoxy) is 1. The molecule has 1 aromatic heterocycles. The lowest BCUT2D eigenvalue weighted by Crippen LogP contribution is -2.11. The molecule has 0 aliphatic heterocycles. The molecule has 1 aliphatic rings. The van der Waals surface area contributed by atoms with Gasteiger partial charge in [0.05, 0.1) is 13.7 Å². The quantitative estimate of drug-likeness (QED) is 0.919. The molecule has 6 heteroatoms. The lowest BCUT2D eigenvalue weighted by atomic mass is 10.2. The Hall–Kier alpha value is -1.56. The predicted molar refractivity (Wildman–Crippen MR) is 76.5 cm³/mol. The molecule has 5 nitrogen and oxygen atoms in total. The standard InChI is InChI=1S/C13H15BrN4O/c1-19-11-6-2-9(3-7-11)8-18-13(15-10-4-5-10)16-12(14)17-18/h2-3,6-7,10H,4-5,8H2,1H3,(H,15,16,17). The average Bonchev–Trinajstić information content (AvgIpc) is 3.15. The minimum Gasteiger partial charge on any atom is -0.497 e. The predicted octanol–water partition coefficient (Wildman–Crippen LogP) is 2.67. The number of rotatable bonds is 5. The van der Waals surface area contributed by atoms with E-state index >= 15 is 0 Å². The number of nitrogens with one attached hydrogen (secondary N) is 1. The van der Waals surface area contributed by atoms with Crippen LogP contribution in [0.5, 0.6) is 5.75 Å². The summed E-state index contributed by atoms with van der Waals surface area (Å²) >= 11 is 3.33. The minimum atomic E-state index is 0.561. The van der Waals surface area contributed by atoms with E-state index in [0.29, 0.717) is 17.3 Å². The van der Waals surface area contributed by atoms with Crippen molar-refractivity contribution in [1.29, 1.82) is 0 Å². The topological polar surface area (TPSA) is 52.0 Å². The van der Waals surface area contributed by atoms with Crippen molar-refractivity contribution in [3.05, 3.63) is 34.6 Å². The van der Waals surface area contributed by atoms with Gasteiger partial charge in [-0.3, -0.25) is 0 Å². The zero-order chi connectivity index (χ0) is 13.2. The van der Waals surface area contributed by atoms with E-state index in [4.69, 9.17) is 4.74 Å². The van der Waals surface area contributed by atoms with Gasteiger partial charge in [-0.15, -0.1) is 5.10 Å². The molecule has 3 rings (SSSR count). The summed E-state index contributed by atoms with van der Waals surface area (Å²) in [5.41, 5.74) is 1.16. The molecular formula is C13H15BrN4O. The van der Waals surface area contributed by atoms with E-state index in [1.807, 2.05) is 28.9 Å². The van der Waals surface area contributed by atoms with Crippen LogP contribution in [0.1, 0.15) is 18.4 Å². The second-order valence-corrected chi connectivity index (χ2v) is 5.34. The van der Waals surface area contributed by atoms with Crippen molar-refractivity contribution >= 4 is 21.9 Å². The normalized spacial score (nSPS) is 14.4. The molecule has 2 aromatic rings. The summed E-state index contributed by atoms with van der Waals surface area (Å²) in [6.45, 7) is 0.692. The van der Waals surface area contributed by atoms with Gasteiger partial charge >= 0.3 is 0 Å². The molecule has 1 heterocycles. The first kappa shape index (κ1) is 12.5. The van der Waals surface area contributed by atoms with Crippen molar-refractivity contribution in [1.82, 2.24) is 14.8 Å². The summed E-state index contributed by atoms with van der Waals surface area (Å²) in [5.74, 6) is 1.69. The zero-order valence-electron chi connectivity index (χ0n) is 10.6. The number of halogens is 1. The number of hydrogen-bond acceptors (Lipinski definition) is 4. The van der Waals surface area contributed by atoms with E-state index in [0.717, 1.165) is 17.3 Å². The van der Waals surface area contributed by atoms with Gasteiger partial charge in [-0.25, -0.2) is 4.68 Å². The summed E-state index contributed by atoms with van der Waals surface area (Å²) < 4.78 is 7.65. The molecule has 0 radical (unpaired) electrons. The van der Waals surface area contributed by atoms with Crippen LogP contribution in [0.25, 0.3) is 0 Å². The SMILES string of the molecule is COc1ccc(Cn2nc(Br)nc2NC2CC2)cc1. The van der Waals surface area contributed by atoms with Crippen LogP contribution in [-0.2, 0) is 6.54 Å². The van der Waals surface area contributed by atoms with Gasteiger partial charge in [-0.2, -0.15) is 4.98 Å². The number of hydrogen-bond donors (Lipinski definition) is 1. The molecule has 1 saturated carbocycles. The van der Waals surface area contributed by atoms with Gasteiger partial charge in [0.25, 0.3) is 0 Å². The molecule has 0 spiro atoms. The third-order valence-corrected chi connectivity index (χ3v) is 3.38. The van der Waals surface area contributed by atoms with Gasteiger partial charge in [0.15, 0.2) is 0 Å². The lowest BCUT2D eigenvalue weighted by Gasteiger charge is -2.07. The molecule has 0 unspecified atom stereocenters. The van der Waals surface area contributed by atoms with Crippen molar-refractivity contribution in [3.63, 3.8) is 0 Å². The molecule has 1 aromatic carbocycles. The van der Waals surface area contributed by atoms with E-state index in [1.165, 1.54) is 12.8 Å². The van der Waals surface area contributed by atoms with Crippen LogP contribution in [0, 0.1) is 0 Å². The fourth-order valence-electron chi connectivity index (χ4n) is 1.85. The van der Waals surface area contributed by atoms with Crippen LogP contribution in [0.15, 0.2) is 29.0 Å². The number of aromatic nitrogens is 3. The molecule has 0 atom stereocenters. The summed E-state index contributed by atoms with van der Waals surface area (Å²) in [6.07, 6.45) is 2.43. The van der Waals surface area contributed by atoms with E-state index in [2.05, 4.69) is 31.3 Å². The summed E-state index contributed by atoms with van der Waals surface area (Å²) in [5, 5.41) is 7.74. The molecule has 0 amide bonds. The highest BCUT2D eigenvalue weighted by molar-refractivity contribution is 9.10. The lowest BCUT2D eigenvalue weighted by molar-refractivity contribution is 0.414. The monoisotopic (exact) mass is 322 g/mol. The number of nitrogens with zero attached hydrogens (tertiary/aromatic N) is 3. The first-order valence-corrected chi connectivity index (χ1v) is 7.04. The Morgan fingerprint density at radius 3 is 2.74 bits per heavy atom.